The Morgan fingerprint density at radius 2 is 2.29 bits per heavy atom. The summed E-state index contributed by atoms with van der Waals surface area (Å²) >= 11 is 1.32. The van der Waals surface area contributed by atoms with E-state index in [-0.39, 0.29) is 11.9 Å². The highest BCUT2D eigenvalue weighted by Gasteiger charge is 2.36. The van der Waals surface area contributed by atoms with Crippen LogP contribution in [0.4, 0.5) is 5.82 Å². The SMILES string of the molecule is COC(=O)[C@@H]1CCCN1C(=O)c1sc2ncnc(NCc3ccco3)c2c1C. The van der Waals surface area contributed by atoms with Crippen molar-refractivity contribution in [3.8, 4) is 0 Å². The summed E-state index contributed by atoms with van der Waals surface area (Å²) in [6.45, 7) is 2.91. The van der Waals surface area contributed by atoms with Crippen LogP contribution < -0.4 is 5.32 Å². The quantitative estimate of drug-likeness (QED) is 0.658. The van der Waals surface area contributed by atoms with Crippen LogP contribution in [-0.2, 0) is 16.1 Å². The van der Waals surface area contributed by atoms with Crippen molar-refractivity contribution in [3.63, 3.8) is 0 Å². The molecular weight excluding hydrogens is 380 g/mol. The zero-order valence-electron chi connectivity index (χ0n) is 15.6. The lowest BCUT2D eigenvalue weighted by Crippen LogP contribution is -2.41. The first-order valence-electron chi connectivity index (χ1n) is 8.99. The molecule has 28 heavy (non-hydrogen) atoms. The lowest BCUT2D eigenvalue weighted by Gasteiger charge is -2.22. The van der Waals surface area contributed by atoms with Crippen molar-refractivity contribution in [3.05, 3.63) is 40.9 Å². The minimum Gasteiger partial charge on any atom is -0.467 e. The number of aromatic nitrogens is 2. The minimum absolute atomic E-state index is 0.162. The van der Waals surface area contributed by atoms with Crippen molar-refractivity contribution in [2.24, 2.45) is 0 Å². The number of hydrogen-bond donors (Lipinski definition) is 1. The zero-order valence-corrected chi connectivity index (χ0v) is 16.4. The molecule has 1 fully saturated rings. The summed E-state index contributed by atoms with van der Waals surface area (Å²) in [4.78, 5) is 36.8. The number of methoxy groups -OCH3 is 1. The number of likely N-dealkylation sites (tertiary alicyclic amines) is 1. The Bertz CT molecular complexity index is 1010. The third kappa shape index (κ3) is 3.22. The van der Waals surface area contributed by atoms with E-state index in [9.17, 15) is 9.59 Å². The van der Waals surface area contributed by atoms with Crippen LogP contribution in [0.25, 0.3) is 10.2 Å². The molecular formula is C19H20N4O4S. The molecule has 1 saturated heterocycles. The molecule has 8 nitrogen and oxygen atoms in total. The molecule has 3 aromatic heterocycles. The van der Waals surface area contributed by atoms with E-state index in [0.717, 1.165) is 28.0 Å². The number of carbonyl (C=O) groups is 2. The van der Waals surface area contributed by atoms with Crippen LogP contribution in [0.5, 0.6) is 0 Å². The second kappa shape index (κ2) is 7.59. The number of rotatable bonds is 5. The fourth-order valence-electron chi connectivity index (χ4n) is 3.51. The predicted octanol–water partition coefficient (Wildman–Crippen LogP) is 2.98. The first-order chi connectivity index (χ1) is 13.6. The maximum atomic E-state index is 13.2. The van der Waals surface area contributed by atoms with E-state index in [2.05, 4.69) is 15.3 Å². The number of nitrogens with one attached hydrogen (secondary N) is 1. The standard InChI is InChI=1S/C19H20N4O4S/c1-11-14-16(20-9-12-5-4-8-27-12)21-10-22-17(14)28-15(11)18(24)23-7-3-6-13(23)19(25)26-2/h4-5,8,10,13H,3,6-7,9H2,1-2H3,(H,20,21,22)/t13-/m0/s1. The number of amides is 1. The average molecular weight is 400 g/mol. The van der Waals surface area contributed by atoms with Gasteiger partial charge in [0.05, 0.1) is 30.2 Å². The Kier molecular flexibility index (Phi) is 4.99. The topological polar surface area (TPSA) is 97.6 Å². The Hall–Kier alpha value is -2.94. The van der Waals surface area contributed by atoms with Gasteiger partial charge >= 0.3 is 5.97 Å². The molecule has 0 bridgehead atoms. The maximum Gasteiger partial charge on any atom is 0.328 e. The molecule has 0 aliphatic carbocycles. The molecule has 4 rings (SSSR count). The van der Waals surface area contributed by atoms with Crippen LogP contribution >= 0.6 is 11.3 Å². The molecule has 0 saturated carbocycles. The Balaban J connectivity index is 1.65. The number of ether oxygens (including phenoxy) is 1. The normalized spacial score (nSPS) is 16.5. The number of fused-ring (bicyclic) bond motifs is 1. The van der Waals surface area contributed by atoms with Crippen molar-refractivity contribution in [1.82, 2.24) is 14.9 Å². The predicted molar refractivity (Wildman–Crippen MR) is 104 cm³/mol. The van der Waals surface area contributed by atoms with Crippen LogP contribution in [0.3, 0.4) is 0 Å². The molecule has 0 aromatic carbocycles. The number of hydrogen-bond acceptors (Lipinski definition) is 8. The summed E-state index contributed by atoms with van der Waals surface area (Å²) in [5, 5.41) is 4.07. The fourth-order valence-corrected chi connectivity index (χ4v) is 4.62. The third-order valence-electron chi connectivity index (χ3n) is 4.92. The monoisotopic (exact) mass is 400 g/mol. The van der Waals surface area contributed by atoms with Crippen molar-refractivity contribution in [2.75, 3.05) is 19.0 Å². The van der Waals surface area contributed by atoms with Crippen molar-refractivity contribution >= 4 is 39.2 Å². The smallest absolute Gasteiger partial charge is 0.328 e. The summed E-state index contributed by atoms with van der Waals surface area (Å²) in [7, 11) is 1.35. The van der Waals surface area contributed by atoms with E-state index in [1.807, 2.05) is 19.1 Å². The molecule has 0 radical (unpaired) electrons. The number of carbonyl (C=O) groups excluding carboxylic acids is 2. The Labute approximate surface area is 165 Å². The maximum absolute atomic E-state index is 13.2. The van der Waals surface area contributed by atoms with E-state index >= 15 is 0 Å². The van der Waals surface area contributed by atoms with Crippen LogP contribution in [0.15, 0.2) is 29.1 Å². The second-order valence-electron chi connectivity index (χ2n) is 6.57. The molecule has 146 valence electrons. The summed E-state index contributed by atoms with van der Waals surface area (Å²) in [6, 6.07) is 3.18. The summed E-state index contributed by atoms with van der Waals surface area (Å²) < 4.78 is 10.2. The van der Waals surface area contributed by atoms with Crippen LogP contribution in [-0.4, -0.2) is 46.4 Å². The average Bonchev–Trinajstić information content (AvgIpc) is 3.45. The van der Waals surface area contributed by atoms with Gasteiger partial charge in [0.2, 0.25) is 0 Å². The largest absolute Gasteiger partial charge is 0.467 e. The Morgan fingerprint density at radius 3 is 3.04 bits per heavy atom. The molecule has 4 heterocycles. The van der Waals surface area contributed by atoms with Crippen LogP contribution in [0.2, 0.25) is 0 Å². The highest BCUT2D eigenvalue weighted by molar-refractivity contribution is 7.20. The molecule has 1 aliphatic heterocycles. The minimum atomic E-state index is -0.523. The summed E-state index contributed by atoms with van der Waals surface area (Å²) in [6.07, 6.45) is 4.50. The van der Waals surface area contributed by atoms with Crippen molar-refractivity contribution < 1.29 is 18.7 Å². The van der Waals surface area contributed by atoms with Gasteiger partial charge in [0.15, 0.2) is 0 Å². The lowest BCUT2D eigenvalue weighted by molar-refractivity contribution is -0.145. The molecule has 1 amide bonds. The summed E-state index contributed by atoms with van der Waals surface area (Å²) in [5.74, 6) is 0.907. The highest BCUT2D eigenvalue weighted by Crippen LogP contribution is 2.35. The van der Waals surface area contributed by atoms with Gasteiger partial charge in [-0.25, -0.2) is 14.8 Å². The number of furan rings is 1. The van der Waals surface area contributed by atoms with E-state index in [1.54, 1.807) is 11.2 Å². The van der Waals surface area contributed by atoms with E-state index in [1.165, 1.54) is 24.8 Å². The lowest BCUT2D eigenvalue weighted by atomic mass is 10.1. The van der Waals surface area contributed by atoms with Gasteiger partial charge in [0.1, 0.15) is 28.8 Å². The van der Waals surface area contributed by atoms with Crippen LogP contribution in [0, 0.1) is 6.92 Å². The number of thiophene rings is 1. The van der Waals surface area contributed by atoms with Gasteiger partial charge in [0.25, 0.3) is 5.91 Å². The van der Waals surface area contributed by atoms with E-state index in [4.69, 9.17) is 9.15 Å². The Morgan fingerprint density at radius 1 is 1.43 bits per heavy atom. The van der Waals surface area contributed by atoms with Gasteiger partial charge in [-0.05, 0) is 37.5 Å². The second-order valence-corrected chi connectivity index (χ2v) is 7.57. The number of esters is 1. The molecule has 0 unspecified atom stereocenters. The molecule has 1 N–H and O–H groups in total. The number of anilines is 1. The van der Waals surface area contributed by atoms with Crippen molar-refractivity contribution in [2.45, 2.75) is 32.4 Å². The van der Waals surface area contributed by atoms with E-state index in [0.29, 0.717) is 30.2 Å². The fraction of sp³-hybridized carbons (Fsp3) is 0.368. The number of aryl methyl sites for hydroxylation is 1. The molecule has 9 heteroatoms. The zero-order chi connectivity index (χ0) is 19.7. The van der Waals surface area contributed by atoms with Gasteiger partial charge in [-0.3, -0.25) is 4.79 Å². The number of nitrogens with zero attached hydrogens (tertiary/aromatic N) is 3. The first-order valence-corrected chi connectivity index (χ1v) is 9.81. The summed E-state index contributed by atoms with van der Waals surface area (Å²) in [5.41, 5.74) is 0.808. The molecule has 1 atom stereocenters. The molecule has 1 aliphatic rings. The molecule has 0 spiro atoms. The van der Waals surface area contributed by atoms with Gasteiger partial charge < -0.3 is 19.4 Å². The van der Waals surface area contributed by atoms with Gasteiger partial charge in [-0.15, -0.1) is 11.3 Å². The van der Waals surface area contributed by atoms with Gasteiger partial charge in [0, 0.05) is 6.54 Å². The molecule has 3 aromatic rings. The van der Waals surface area contributed by atoms with Crippen molar-refractivity contribution in [1.29, 1.82) is 0 Å². The van der Waals surface area contributed by atoms with Gasteiger partial charge in [-0.2, -0.15) is 0 Å². The van der Waals surface area contributed by atoms with E-state index < -0.39 is 6.04 Å². The first kappa shape index (κ1) is 18.4. The third-order valence-corrected chi connectivity index (χ3v) is 6.11. The van der Waals surface area contributed by atoms with Crippen LogP contribution in [0.1, 0.15) is 33.8 Å². The highest BCUT2D eigenvalue weighted by atomic mass is 32.1. The van der Waals surface area contributed by atoms with Gasteiger partial charge in [-0.1, -0.05) is 0 Å².